The van der Waals surface area contributed by atoms with Gasteiger partial charge in [0.25, 0.3) is 0 Å². The molecule has 0 amide bonds. The summed E-state index contributed by atoms with van der Waals surface area (Å²) in [6.07, 6.45) is 5.51. The van der Waals surface area contributed by atoms with E-state index in [1.165, 1.54) is 0 Å². The van der Waals surface area contributed by atoms with Crippen molar-refractivity contribution in [3.05, 3.63) is 63.6 Å². The molecule has 1 N–H and O–H groups in total. The van der Waals surface area contributed by atoms with Crippen LogP contribution >= 0.6 is 15.9 Å². The van der Waals surface area contributed by atoms with Gasteiger partial charge >= 0.3 is 0 Å². The molecule has 2 nitrogen and oxygen atoms in total. The van der Waals surface area contributed by atoms with Gasteiger partial charge in [-0.05, 0) is 58.6 Å². The first kappa shape index (κ1) is 16.1. The Morgan fingerprint density at radius 1 is 1.24 bits per heavy atom. The van der Waals surface area contributed by atoms with Crippen LogP contribution in [0, 0.1) is 5.82 Å². The number of hydrogen-bond acceptors (Lipinski definition) is 2. The number of hydrogen-bond donors (Lipinski definition) is 1. The van der Waals surface area contributed by atoms with Gasteiger partial charge in [0.15, 0.2) is 0 Å². The zero-order chi connectivity index (χ0) is 15.2. The van der Waals surface area contributed by atoms with Crippen molar-refractivity contribution in [2.24, 2.45) is 0 Å². The van der Waals surface area contributed by atoms with E-state index in [0.29, 0.717) is 10.0 Å². The minimum atomic E-state index is -0.204. The minimum absolute atomic E-state index is 0.152. The number of nitrogens with zero attached hydrogens (tertiary/aromatic N) is 1. The summed E-state index contributed by atoms with van der Waals surface area (Å²) in [4.78, 5) is 4.18. The summed E-state index contributed by atoms with van der Waals surface area (Å²) < 4.78 is 15.0. The van der Waals surface area contributed by atoms with Crippen molar-refractivity contribution in [1.29, 1.82) is 0 Å². The molecule has 1 aromatic heterocycles. The molecule has 0 bridgehead atoms. The molecule has 1 atom stereocenters. The highest BCUT2D eigenvalue weighted by Gasteiger charge is 2.20. The summed E-state index contributed by atoms with van der Waals surface area (Å²) in [6, 6.07) is 7.26. The molecule has 1 heterocycles. The predicted octanol–water partition coefficient (Wildman–Crippen LogP) is 4.63. The minimum Gasteiger partial charge on any atom is -0.306 e. The van der Waals surface area contributed by atoms with Crippen LogP contribution in [0.5, 0.6) is 0 Å². The summed E-state index contributed by atoms with van der Waals surface area (Å²) in [7, 11) is 0. The zero-order valence-corrected chi connectivity index (χ0v) is 14.0. The first-order valence-corrected chi connectivity index (χ1v) is 8.08. The number of aryl methyl sites for hydroxylation is 1. The number of halogens is 2. The molecular weight excluding hydrogens is 331 g/mol. The first-order chi connectivity index (χ1) is 10.2. The third kappa shape index (κ3) is 3.69. The molecule has 0 aliphatic heterocycles. The Balaban J connectivity index is 2.50. The van der Waals surface area contributed by atoms with Gasteiger partial charge in [-0.2, -0.15) is 0 Å². The van der Waals surface area contributed by atoms with Crippen molar-refractivity contribution in [2.75, 3.05) is 6.54 Å². The van der Waals surface area contributed by atoms with Gasteiger partial charge in [-0.15, -0.1) is 0 Å². The fourth-order valence-corrected chi connectivity index (χ4v) is 2.82. The Labute approximate surface area is 133 Å². The molecular formula is C17H20BrFN2. The van der Waals surface area contributed by atoms with E-state index in [1.54, 1.807) is 12.3 Å². The second-order valence-corrected chi connectivity index (χ2v) is 5.81. The monoisotopic (exact) mass is 350 g/mol. The van der Waals surface area contributed by atoms with Gasteiger partial charge in [-0.25, -0.2) is 4.39 Å². The van der Waals surface area contributed by atoms with Gasteiger partial charge in [-0.1, -0.05) is 26.0 Å². The lowest BCUT2D eigenvalue weighted by Crippen LogP contribution is -2.25. The first-order valence-electron chi connectivity index (χ1n) is 7.29. The number of nitrogens with one attached hydrogen (secondary N) is 1. The van der Waals surface area contributed by atoms with Crippen LogP contribution in [0.2, 0.25) is 0 Å². The molecule has 2 rings (SSSR count). The van der Waals surface area contributed by atoms with Crippen LogP contribution in [0.4, 0.5) is 4.39 Å². The molecule has 2 aromatic rings. The summed E-state index contributed by atoms with van der Waals surface area (Å²) in [5.74, 6) is -0.204. The van der Waals surface area contributed by atoms with E-state index < -0.39 is 0 Å². The molecule has 0 radical (unpaired) electrons. The van der Waals surface area contributed by atoms with E-state index in [9.17, 15) is 4.39 Å². The van der Waals surface area contributed by atoms with Gasteiger partial charge < -0.3 is 5.32 Å². The average Bonchev–Trinajstić information content (AvgIpc) is 2.52. The van der Waals surface area contributed by atoms with Crippen molar-refractivity contribution < 1.29 is 4.39 Å². The van der Waals surface area contributed by atoms with Crippen LogP contribution in [-0.2, 0) is 6.42 Å². The highest BCUT2D eigenvalue weighted by atomic mass is 79.9. The van der Waals surface area contributed by atoms with Crippen LogP contribution in [0.3, 0.4) is 0 Å². The maximum absolute atomic E-state index is 14.5. The second kappa shape index (κ2) is 7.66. The van der Waals surface area contributed by atoms with Crippen molar-refractivity contribution in [3.63, 3.8) is 0 Å². The third-order valence-electron chi connectivity index (χ3n) is 3.52. The lowest BCUT2D eigenvalue weighted by Gasteiger charge is -2.22. The number of aromatic nitrogens is 1. The maximum atomic E-state index is 14.5. The standard InChI is InChI=1S/C17H20BrFN2/c1-3-9-21-17(13-8-10-20-11-12(13)4-2)14-6-5-7-15(18)16(14)19/h5-8,10-11,17,21H,3-4,9H2,1-2H3. The molecule has 0 aliphatic carbocycles. The van der Waals surface area contributed by atoms with E-state index in [0.717, 1.165) is 30.5 Å². The van der Waals surface area contributed by atoms with Crippen molar-refractivity contribution in [2.45, 2.75) is 32.7 Å². The SMILES string of the molecule is CCCNC(c1ccncc1CC)c1cccc(Br)c1F. The molecule has 1 unspecified atom stereocenters. The average molecular weight is 351 g/mol. The summed E-state index contributed by atoms with van der Waals surface area (Å²) in [5, 5.41) is 3.46. The lowest BCUT2D eigenvalue weighted by molar-refractivity contribution is 0.541. The predicted molar refractivity (Wildman–Crippen MR) is 87.9 cm³/mol. The van der Waals surface area contributed by atoms with Crippen LogP contribution < -0.4 is 5.32 Å². The molecule has 1 aromatic carbocycles. The van der Waals surface area contributed by atoms with Crippen molar-refractivity contribution in [1.82, 2.24) is 10.3 Å². The molecule has 0 saturated carbocycles. The van der Waals surface area contributed by atoms with Crippen LogP contribution in [-0.4, -0.2) is 11.5 Å². The number of benzene rings is 1. The van der Waals surface area contributed by atoms with Gasteiger partial charge in [-0.3, -0.25) is 4.98 Å². The largest absolute Gasteiger partial charge is 0.306 e. The summed E-state index contributed by atoms with van der Waals surface area (Å²) in [5.41, 5.74) is 2.90. The Kier molecular flexibility index (Phi) is 5.88. The quantitative estimate of drug-likeness (QED) is 0.821. The van der Waals surface area contributed by atoms with Crippen molar-refractivity contribution >= 4 is 15.9 Å². The van der Waals surface area contributed by atoms with E-state index in [-0.39, 0.29) is 11.9 Å². The summed E-state index contributed by atoms with van der Waals surface area (Å²) in [6.45, 7) is 5.03. The Hall–Kier alpha value is -1.26. The molecule has 0 saturated heterocycles. The Bertz CT molecular complexity index is 601. The zero-order valence-electron chi connectivity index (χ0n) is 12.4. The van der Waals surface area contributed by atoms with Gasteiger partial charge in [0, 0.05) is 18.0 Å². The summed E-state index contributed by atoms with van der Waals surface area (Å²) >= 11 is 3.28. The fourth-order valence-electron chi connectivity index (χ4n) is 2.43. The highest BCUT2D eigenvalue weighted by Crippen LogP contribution is 2.30. The number of pyridine rings is 1. The maximum Gasteiger partial charge on any atom is 0.142 e. The second-order valence-electron chi connectivity index (χ2n) is 4.96. The normalized spacial score (nSPS) is 12.4. The topological polar surface area (TPSA) is 24.9 Å². The third-order valence-corrected chi connectivity index (χ3v) is 4.14. The molecule has 0 fully saturated rings. The van der Waals surface area contributed by atoms with Crippen LogP contribution in [0.1, 0.15) is 43.0 Å². The van der Waals surface area contributed by atoms with E-state index in [4.69, 9.17) is 0 Å². The lowest BCUT2D eigenvalue weighted by atomic mass is 9.94. The van der Waals surface area contributed by atoms with Gasteiger partial charge in [0.05, 0.1) is 10.5 Å². The smallest absolute Gasteiger partial charge is 0.142 e. The Morgan fingerprint density at radius 2 is 2.05 bits per heavy atom. The van der Waals surface area contributed by atoms with Crippen molar-refractivity contribution in [3.8, 4) is 0 Å². The van der Waals surface area contributed by atoms with Gasteiger partial charge in [0.2, 0.25) is 0 Å². The van der Waals surface area contributed by atoms with E-state index in [2.05, 4.69) is 40.1 Å². The van der Waals surface area contributed by atoms with E-state index >= 15 is 0 Å². The van der Waals surface area contributed by atoms with Gasteiger partial charge in [0.1, 0.15) is 5.82 Å². The van der Waals surface area contributed by atoms with E-state index in [1.807, 2.05) is 24.4 Å². The molecule has 112 valence electrons. The molecule has 21 heavy (non-hydrogen) atoms. The number of rotatable bonds is 6. The molecule has 0 spiro atoms. The van der Waals surface area contributed by atoms with Crippen LogP contribution in [0.25, 0.3) is 0 Å². The fraction of sp³-hybridized carbons (Fsp3) is 0.353. The molecule has 4 heteroatoms. The highest BCUT2D eigenvalue weighted by molar-refractivity contribution is 9.10. The van der Waals surface area contributed by atoms with Crippen LogP contribution in [0.15, 0.2) is 41.1 Å². The molecule has 0 aliphatic rings. The Morgan fingerprint density at radius 3 is 2.76 bits per heavy atom.